The third kappa shape index (κ3) is 2.73. The molecule has 1 aliphatic heterocycles. The third-order valence-electron chi connectivity index (χ3n) is 5.35. The minimum absolute atomic E-state index is 0.0657. The van der Waals surface area contributed by atoms with Gasteiger partial charge in [0.15, 0.2) is 5.78 Å². The van der Waals surface area contributed by atoms with Gasteiger partial charge in [-0.2, -0.15) is 0 Å². The molecule has 1 spiro atoms. The molecular formula is C20H20N2O4S. The predicted molar refractivity (Wildman–Crippen MR) is 101 cm³/mol. The first-order valence-electron chi connectivity index (χ1n) is 8.85. The number of benzene rings is 1. The normalized spacial score (nSPS) is 21.3. The van der Waals surface area contributed by atoms with E-state index in [1.54, 1.807) is 29.5 Å². The molecule has 3 amide bonds. The lowest BCUT2D eigenvalue weighted by Gasteiger charge is -2.31. The maximum atomic E-state index is 13.3. The molecule has 0 bridgehead atoms. The van der Waals surface area contributed by atoms with E-state index in [2.05, 4.69) is 5.32 Å². The van der Waals surface area contributed by atoms with Gasteiger partial charge in [0.05, 0.1) is 13.7 Å². The molecule has 1 unspecified atom stereocenters. The fourth-order valence-electron chi connectivity index (χ4n) is 3.98. The highest BCUT2D eigenvalue weighted by Gasteiger charge is 2.54. The first kappa shape index (κ1) is 17.7. The van der Waals surface area contributed by atoms with Crippen LogP contribution >= 0.6 is 11.3 Å². The average molecular weight is 384 g/mol. The van der Waals surface area contributed by atoms with Gasteiger partial charge >= 0.3 is 6.03 Å². The van der Waals surface area contributed by atoms with Gasteiger partial charge in [-0.3, -0.25) is 14.5 Å². The summed E-state index contributed by atoms with van der Waals surface area (Å²) in [5.41, 5.74) is 1.11. The number of carbonyl (C=O) groups excluding carboxylic acids is 3. The number of urea groups is 1. The number of nitrogens with one attached hydrogen (secondary N) is 1. The lowest BCUT2D eigenvalue weighted by Crippen LogP contribution is -2.46. The molecule has 2 heterocycles. The largest absolute Gasteiger partial charge is 0.496 e. The first-order chi connectivity index (χ1) is 13.0. The van der Waals surface area contributed by atoms with E-state index in [4.69, 9.17) is 4.74 Å². The zero-order valence-corrected chi connectivity index (χ0v) is 16.0. The van der Waals surface area contributed by atoms with Crippen molar-refractivity contribution in [1.29, 1.82) is 0 Å². The Kier molecular flexibility index (Phi) is 4.26. The molecule has 2 aromatic rings. The molecule has 0 radical (unpaired) electrons. The Morgan fingerprint density at radius 1 is 1.33 bits per heavy atom. The number of aryl methyl sites for hydroxylation is 1. The summed E-state index contributed by atoms with van der Waals surface area (Å²) in [6.07, 6.45) is 2.39. The molecule has 140 valence electrons. The second kappa shape index (κ2) is 6.49. The summed E-state index contributed by atoms with van der Waals surface area (Å²) in [7, 11) is 1.53. The topological polar surface area (TPSA) is 75.7 Å². The number of methoxy groups -OCH3 is 1. The predicted octanol–water partition coefficient (Wildman–Crippen LogP) is 3.24. The van der Waals surface area contributed by atoms with Crippen molar-refractivity contribution in [3.05, 3.63) is 51.2 Å². The Morgan fingerprint density at radius 3 is 2.89 bits per heavy atom. The van der Waals surface area contributed by atoms with Gasteiger partial charge in [-0.1, -0.05) is 0 Å². The van der Waals surface area contributed by atoms with Crippen LogP contribution in [0.25, 0.3) is 0 Å². The third-order valence-corrected chi connectivity index (χ3v) is 6.33. The van der Waals surface area contributed by atoms with Crippen molar-refractivity contribution in [2.45, 2.75) is 38.3 Å². The average Bonchev–Trinajstić information content (AvgIpc) is 3.22. The van der Waals surface area contributed by atoms with Gasteiger partial charge in [-0.25, -0.2) is 4.79 Å². The molecule has 2 aliphatic rings. The summed E-state index contributed by atoms with van der Waals surface area (Å²) in [6, 6.07) is 6.59. The van der Waals surface area contributed by atoms with E-state index in [0.717, 1.165) is 23.3 Å². The first-order valence-corrected chi connectivity index (χ1v) is 9.73. The van der Waals surface area contributed by atoms with Crippen molar-refractivity contribution in [3.63, 3.8) is 0 Å². The van der Waals surface area contributed by atoms with Crippen molar-refractivity contribution in [2.75, 3.05) is 7.11 Å². The van der Waals surface area contributed by atoms with Crippen LogP contribution in [0, 0.1) is 0 Å². The SMILES string of the molecule is COc1ccc(C(C)=O)cc1CN1C(=O)NC2(CCCc3sccc32)C1=O. The highest BCUT2D eigenvalue weighted by atomic mass is 32.1. The number of amides is 3. The zero-order valence-electron chi connectivity index (χ0n) is 15.2. The summed E-state index contributed by atoms with van der Waals surface area (Å²) in [5.74, 6) is 0.228. The van der Waals surface area contributed by atoms with Crippen molar-refractivity contribution >= 4 is 29.1 Å². The molecule has 1 aliphatic carbocycles. The number of Topliss-reactive ketones (excluding diaryl/α,β-unsaturated/α-hetero) is 1. The lowest BCUT2D eigenvalue weighted by atomic mass is 9.80. The molecule has 1 saturated heterocycles. The molecule has 1 N–H and O–H groups in total. The molecule has 0 saturated carbocycles. The number of thiophene rings is 1. The number of imide groups is 1. The molecule has 7 heteroatoms. The molecule has 6 nitrogen and oxygen atoms in total. The fourth-order valence-corrected chi connectivity index (χ4v) is 4.98. The molecule has 1 aromatic carbocycles. The number of rotatable bonds is 4. The van der Waals surface area contributed by atoms with Crippen LogP contribution in [0.3, 0.4) is 0 Å². The van der Waals surface area contributed by atoms with E-state index < -0.39 is 11.6 Å². The molecule has 4 rings (SSSR count). The second-order valence-corrected chi connectivity index (χ2v) is 7.92. The van der Waals surface area contributed by atoms with Crippen LogP contribution in [0.15, 0.2) is 29.6 Å². The standard InChI is InChI=1S/C20H20N2O4S/c1-12(23)13-5-6-16(26-2)14(10-13)11-22-18(24)20(21-19(22)25)8-3-4-17-15(20)7-9-27-17/h5-7,9-10H,3-4,8,11H2,1-2H3,(H,21,25). The van der Waals surface area contributed by atoms with Crippen LogP contribution in [-0.2, 0) is 23.3 Å². The molecular weight excluding hydrogens is 364 g/mol. The summed E-state index contributed by atoms with van der Waals surface area (Å²) in [5, 5.41) is 4.91. The summed E-state index contributed by atoms with van der Waals surface area (Å²) in [6.45, 7) is 1.55. The Bertz CT molecular complexity index is 951. The van der Waals surface area contributed by atoms with Gasteiger partial charge in [0.1, 0.15) is 11.3 Å². The zero-order chi connectivity index (χ0) is 19.2. The number of carbonyl (C=O) groups is 3. The summed E-state index contributed by atoms with van der Waals surface area (Å²) < 4.78 is 5.36. The van der Waals surface area contributed by atoms with Gasteiger partial charge in [-0.15, -0.1) is 11.3 Å². The highest BCUT2D eigenvalue weighted by Crippen LogP contribution is 2.42. The summed E-state index contributed by atoms with van der Waals surface area (Å²) >= 11 is 1.63. The van der Waals surface area contributed by atoms with Crippen molar-refractivity contribution in [1.82, 2.24) is 10.2 Å². The quantitative estimate of drug-likeness (QED) is 0.649. The number of ketones is 1. The van der Waals surface area contributed by atoms with Crippen LogP contribution in [0.5, 0.6) is 5.75 Å². The molecule has 1 aromatic heterocycles. The van der Waals surface area contributed by atoms with Gasteiger partial charge in [0.25, 0.3) is 5.91 Å². The monoisotopic (exact) mass is 384 g/mol. The number of fused-ring (bicyclic) bond motifs is 2. The Morgan fingerprint density at radius 2 is 2.15 bits per heavy atom. The fraction of sp³-hybridized carbons (Fsp3) is 0.350. The number of ether oxygens (including phenoxy) is 1. The van der Waals surface area contributed by atoms with Gasteiger partial charge in [0, 0.05) is 21.6 Å². The van der Waals surface area contributed by atoms with Gasteiger partial charge < -0.3 is 10.1 Å². The maximum absolute atomic E-state index is 13.3. The van der Waals surface area contributed by atoms with E-state index in [1.807, 2.05) is 11.4 Å². The molecule has 27 heavy (non-hydrogen) atoms. The number of hydrogen-bond donors (Lipinski definition) is 1. The number of hydrogen-bond acceptors (Lipinski definition) is 5. The number of nitrogens with zero attached hydrogens (tertiary/aromatic N) is 1. The Labute approximate surface area is 161 Å². The highest BCUT2D eigenvalue weighted by molar-refractivity contribution is 7.10. The minimum atomic E-state index is -0.962. The minimum Gasteiger partial charge on any atom is -0.496 e. The van der Waals surface area contributed by atoms with E-state index >= 15 is 0 Å². The van der Waals surface area contributed by atoms with Crippen LogP contribution in [0.2, 0.25) is 0 Å². The van der Waals surface area contributed by atoms with Crippen LogP contribution in [0.1, 0.15) is 46.1 Å². The second-order valence-electron chi connectivity index (χ2n) is 6.92. The van der Waals surface area contributed by atoms with Crippen molar-refractivity contribution in [2.24, 2.45) is 0 Å². The Hall–Kier alpha value is -2.67. The van der Waals surface area contributed by atoms with E-state index in [9.17, 15) is 14.4 Å². The van der Waals surface area contributed by atoms with Crippen LogP contribution in [-0.4, -0.2) is 29.7 Å². The van der Waals surface area contributed by atoms with Crippen LogP contribution < -0.4 is 10.1 Å². The maximum Gasteiger partial charge on any atom is 0.325 e. The van der Waals surface area contributed by atoms with Crippen molar-refractivity contribution < 1.29 is 19.1 Å². The molecule has 1 fully saturated rings. The van der Waals surface area contributed by atoms with E-state index in [1.165, 1.54) is 18.9 Å². The van der Waals surface area contributed by atoms with Crippen molar-refractivity contribution in [3.8, 4) is 5.75 Å². The van der Waals surface area contributed by atoms with Gasteiger partial charge in [0.2, 0.25) is 0 Å². The van der Waals surface area contributed by atoms with E-state index in [0.29, 0.717) is 23.3 Å². The van der Waals surface area contributed by atoms with E-state index in [-0.39, 0.29) is 18.2 Å². The smallest absolute Gasteiger partial charge is 0.325 e. The van der Waals surface area contributed by atoms with Crippen LogP contribution in [0.4, 0.5) is 4.79 Å². The molecule has 1 atom stereocenters. The Balaban J connectivity index is 1.69. The lowest BCUT2D eigenvalue weighted by molar-refractivity contribution is -0.132. The van der Waals surface area contributed by atoms with Gasteiger partial charge in [-0.05, 0) is 55.8 Å². The summed E-state index contributed by atoms with van der Waals surface area (Å²) in [4.78, 5) is 40.1.